The SMILES string of the molecule is Cc1cc(F)c(N)nc1C(F)F. The van der Waals surface area contributed by atoms with Crippen molar-refractivity contribution < 1.29 is 13.2 Å². The Balaban J connectivity index is 3.23. The van der Waals surface area contributed by atoms with E-state index in [4.69, 9.17) is 5.73 Å². The second kappa shape index (κ2) is 3.00. The van der Waals surface area contributed by atoms with Crippen LogP contribution in [0.1, 0.15) is 17.7 Å². The van der Waals surface area contributed by atoms with Crippen LogP contribution in [0.3, 0.4) is 0 Å². The van der Waals surface area contributed by atoms with E-state index in [9.17, 15) is 13.2 Å². The summed E-state index contributed by atoms with van der Waals surface area (Å²) in [6, 6.07) is 0.948. The summed E-state index contributed by atoms with van der Waals surface area (Å²) in [5, 5.41) is 0. The van der Waals surface area contributed by atoms with Crippen LogP contribution >= 0.6 is 0 Å². The van der Waals surface area contributed by atoms with Crippen LogP contribution in [-0.4, -0.2) is 4.98 Å². The van der Waals surface area contributed by atoms with Crippen LogP contribution in [-0.2, 0) is 0 Å². The molecule has 0 saturated heterocycles. The van der Waals surface area contributed by atoms with Crippen molar-refractivity contribution in [3.8, 4) is 0 Å². The van der Waals surface area contributed by atoms with E-state index in [1.165, 1.54) is 6.92 Å². The lowest BCUT2D eigenvalue weighted by molar-refractivity contribution is 0.145. The molecule has 1 aromatic heterocycles. The normalized spacial score (nSPS) is 10.8. The molecule has 1 aromatic rings. The molecule has 66 valence electrons. The highest BCUT2D eigenvalue weighted by molar-refractivity contribution is 5.35. The third kappa shape index (κ3) is 1.49. The van der Waals surface area contributed by atoms with Gasteiger partial charge in [0.1, 0.15) is 5.69 Å². The Morgan fingerprint density at radius 3 is 2.58 bits per heavy atom. The molecule has 0 fully saturated rings. The van der Waals surface area contributed by atoms with Gasteiger partial charge in [0.2, 0.25) is 0 Å². The smallest absolute Gasteiger partial charge is 0.280 e. The van der Waals surface area contributed by atoms with Gasteiger partial charge in [-0.25, -0.2) is 18.2 Å². The van der Waals surface area contributed by atoms with Crippen molar-refractivity contribution in [1.29, 1.82) is 0 Å². The first-order valence-corrected chi connectivity index (χ1v) is 3.23. The average molecular weight is 176 g/mol. The third-order valence-electron chi connectivity index (χ3n) is 1.44. The Labute approximate surface area is 67.2 Å². The fourth-order valence-corrected chi connectivity index (χ4v) is 0.830. The second-order valence-electron chi connectivity index (χ2n) is 2.36. The summed E-state index contributed by atoms with van der Waals surface area (Å²) >= 11 is 0. The number of nitrogen functional groups attached to an aromatic ring is 1. The molecule has 0 radical (unpaired) electrons. The van der Waals surface area contributed by atoms with Crippen LogP contribution < -0.4 is 5.73 Å². The molecular weight excluding hydrogens is 169 g/mol. The highest BCUT2D eigenvalue weighted by atomic mass is 19.3. The number of pyridine rings is 1. The Hall–Kier alpha value is -1.26. The van der Waals surface area contributed by atoms with Crippen molar-refractivity contribution in [2.24, 2.45) is 0 Å². The quantitative estimate of drug-likeness (QED) is 0.711. The zero-order valence-corrected chi connectivity index (χ0v) is 6.31. The van der Waals surface area contributed by atoms with E-state index in [2.05, 4.69) is 4.98 Å². The van der Waals surface area contributed by atoms with E-state index in [0.29, 0.717) is 0 Å². The molecule has 0 aliphatic carbocycles. The molecule has 12 heavy (non-hydrogen) atoms. The molecule has 2 N–H and O–H groups in total. The second-order valence-corrected chi connectivity index (χ2v) is 2.36. The Morgan fingerprint density at radius 1 is 1.50 bits per heavy atom. The van der Waals surface area contributed by atoms with Gasteiger partial charge in [0.25, 0.3) is 6.43 Å². The zero-order valence-electron chi connectivity index (χ0n) is 6.31. The van der Waals surface area contributed by atoms with Crippen molar-refractivity contribution in [1.82, 2.24) is 4.98 Å². The number of rotatable bonds is 1. The lowest BCUT2D eigenvalue weighted by Gasteiger charge is -2.04. The molecule has 0 atom stereocenters. The van der Waals surface area contributed by atoms with Gasteiger partial charge in [-0.05, 0) is 18.6 Å². The van der Waals surface area contributed by atoms with Gasteiger partial charge >= 0.3 is 0 Å². The summed E-state index contributed by atoms with van der Waals surface area (Å²) in [5.41, 5.74) is 4.65. The van der Waals surface area contributed by atoms with E-state index in [1.54, 1.807) is 0 Å². The largest absolute Gasteiger partial charge is 0.381 e. The monoisotopic (exact) mass is 176 g/mol. The first-order valence-electron chi connectivity index (χ1n) is 3.23. The predicted molar refractivity (Wildman–Crippen MR) is 38.3 cm³/mol. The highest BCUT2D eigenvalue weighted by Crippen LogP contribution is 2.22. The lowest BCUT2D eigenvalue weighted by atomic mass is 10.2. The molecule has 0 aliphatic heterocycles. The summed E-state index contributed by atoms with van der Waals surface area (Å²) in [4.78, 5) is 3.22. The zero-order chi connectivity index (χ0) is 9.30. The van der Waals surface area contributed by atoms with Crippen molar-refractivity contribution in [2.45, 2.75) is 13.3 Å². The van der Waals surface area contributed by atoms with Crippen LogP contribution in [0.4, 0.5) is 19.0 Å². The summed E-state index contributed by atoms with van der Waals surface area (Å²) < 4.78 is 36.8. The number of nitrogens with zero attached hydrogens (tertiary/aromatic N) is 1. The number of hydrogen-bond acceptors (Lipinski definition) is 2. The summed E-state index contributed by atoms with van der Waals surface area (Å²) in [5.74, 6) is -1.26. The molecule has 0 bridgehead atoms. The van der Waals surface area contributed by atoms with Gasteiger partial charge < -0.3 is 5.73 Å². The molecule has 0 unspecified atom stereocenters. The number of halogens is 3. The highest BCUT2D eigenvalue weighted by Gasteiger charge is 2.14. The fraction of sp³-hybridized carbons (Fsp3) is 0.286. The predicted octanol–water partition coefficient (Wildman–Crippen LogP) is 2.05. The molecule has 0 spiro atoms. The first-order chi connectivity index (χ1) is 5.52. The molecular formula is C7H7F3N2. The number of alkyl halides is 2. The van der Waals surface area contributed by atoms with Crippen molar-refractivity contribution in [3.05, 3.63) is 23.1 Å². The van der Waals surface area contributed by atoms with E-state index < -0.39 is 23.8 Å². The van der Waals surface area contributed by atoms with Gasteiger partial charge in [-0.1, -0.05) is 0 Å². The Bertz CT molecular complexity index is 299. The molecule has 0 saturated carbocycles. The minimum atomic E-state index is -2.71. The average Bonchev–Trinajstić information content (AvgIpc) is 1.96. The number of hydrogen-bond donors (Lipinski definition) is 1. The Kier molecular flexibility index (Phi) is 2.21. The van der Waals surface area contributed by atoms with Crippen LogP contribution in [0.5, 0.6) is 0 Å². The summed E-state index contributed by atoms with van der Waals surface area (Å²) in [7, 11) is 0. The van der Waals surface area contributed by atoms with Gasteiger partial charge in [0.15, 0.2) is 11.6 Å². The van der Waals surface area contributed by atoms with Crippen molar-refractivity contribution in [3.63, 3.8) is 0 Å². The number of anilines is 1. The molecule has 5 heteroatoms. The van der Waals surface area contributed by atoms with Crippen molar-refractivity contribution in [2.75, 3.05) is 5.73 Å². The van der Waals surface area contributed by atoms with Crippen LogP contribution in [0.15, 0.2) is 6.07 Å². The van der Waals surface area contributed by atoms with Gasteiger partial charge in [0.05, 0.1) is 0 Å². The topological polar surface area (TPSA) is 38.9 Å². The van der Waals surface area contributed by atoms with Gasteiger partial charge in [-0.2, -0.15) is 0 Å². The van der Waals surface area contributed by atoms with E-state index in [-0.39, 0.29) is 5.56 Å². The van der Waals surface area contributed by atoms with Gasteiger partial charge in [-0.3, -0.25) is 0 Å². The Morgan fingerprint density at radius 2 is 2.08 bits per heavy atom. The summed E-state index contributed by atoms with van der Waals surface area (Å²) in [6.45, 7) is 1.36. The number of aryl methyl sites for hydroxylation is 1. The van der Waals surface area contributed by atoms with E-state index >= 15 is 0 Å². The van der Waals surface area contributed by atoms with E-state index in [1.807, 2.05) is 0 Å². The van der Waals surface area contributed by atoms with Crippen LogP contribution in [0, 0.1) is 12.7 Å². The molecule has 0 aliphatic rings. The molecule has 0 amide bonds. The minimum Gasteiger partial charge on any atom is -0.381 e. The minimum absolute atomic E-state index is 0.108. The fourth-order valence-electron chi connectivity index (χ4n) is 0.830. The third-order valence-corrected chi connectivity index (χ3v) is 1.44. The lowest BCUT2D eigenvalue weighted by Crippen LogP contribution is -2.02. The maximum Gasteiger partial charge on any atom is 0.280 e. The standard InChI is InChI=1S/C7H7F3N2/c1-3-2-4(8)7(11)12-5(3)6(9)10/h2,6H,1H3,(H2,11,12). The first kappa shape index (κ1) is 8.83. The number of aromatic nitrogens is 1. The van der Waals surface area contributed by atoms with Crippen LogP contribution in [0.25, 0.3) is 0 Å². The summed E-state index contributed by atoms with van der Waals surface area (Å²) in [6.07, 6.45) is -2.71. The van der Waals surface area contributed by atoms with Crippen LogP contribution in [0.2, 0.25) is 0 Å². The van der Waals surface area contributed by atoms with E-state index in [0.717, 1.165) is 6.07 Å². The maximum atomic E-state index is 12.6. The molecule has 0 aromatic carbocycles. The van der Waals surface area contributed by atoms with Gasteiger partial charge in [-0.15, -0.1) is 0 Å². The molecule has 1 rings (SSSR count). The molecule has 2 nitrogen and oxygen atoms in total. The van der Waals surface area contributed by atoms with Crippen molar-refractivity contribution >= 4 is 5.82 Å². The number of nitrogens with two attached hydrogens (primary N) is 1. The van der Waals surface area contributed by atoms with Gasteiger partial charge in [0, 0.05) is 0 Å². The maximum absolute atomic E-state index is 12.6. The molecule has 1 heterocycles.